The van der Waals surface area contributed by atoms with Gasteiger partial charge in [0, 0.05) is 5.56 Å². The van der Waals surface area contributed by atoms with Crippen LogP contribution in [0, 0.1) is 5.82 Å². The van der Waals surface area contributed by atoms with E-state index in [0.29, 0.717) is 5.82 Å². The Kier molecular flexibility index (Phi) is 4.76. The van der Waals surface area contributed by atoms with Crippen molar-refractivity contribution in [3.8, 4) is 17.1 Å². The molecule has 140 valence electrons. The molecule has 0 spiro atoms. The Morgan fingerprint density at radius 3 is 2.50 bits per heavy atom. The number of para-hydroxylation sites is 3. The number of imidazole rings is 1. The van der Waals surface area contributed by atoms with Crippen LogP contribution in [0.5, 0.6) is 5.75 Å². The summed E-state index contributed by atoms with van der Waals surface area (Å²) in [5, 5.41) is 2.63. The molecule has 0 atom stereocenters. The van der Waals surface area contributed by atoms with E-state index in [4.69, 9.17) is 4.74 Å². The van der Waals surface area contributed by atoms with Crippen LogP contribution in [-0.4, -0.2) is 22.6 Å². The van der Waals surface area contributed by atoms with Gasteiger partial charge in [0.2, 0.25) is 5.91 Å². The summed E-state index contributed by atoms with van der Waals surface area (Å²) in [5.41, 5.74) is 2.63. The molecule has 5 nitrogen and oxygen atoms in total. The molecule has 0 aliphatic rings. The molecule has 1 N–H and O–H groups in total. The minimum atomic E-state index is -0.471. The van der Waals surface area contributed by atoms with E-state index in [-0.39, 0.29) is 18.1 Å². The van der Waals surface area contributed by atoms with Crippen molar-refractivity contribution in [1.29, 1.82) is 0 Å². The van der Waals surface area contributed by atoms with E-state index >= 15 is 0 Å². The first-order valence-electron chi connectivity index (χ1n) is 8.80. The maximum Gasteiger partial charge on any atom is 0.244 e. The lowest BCUT2D eigenvalue weighted by Gasteiger charge is -2.11. The molecule has 0 saturated carbocycles. The normalized spacial score (nSPS) is 10.8. The SMILES string of the molecule is COc1ccc(-c2nc3ccccc3n2CC(=O)Nc2ccccc2F)cc1. The Balaban J connectivity index is 1.70. The first-order valence-corrected chi connectivity index (χ1v) is 8.80. The molecule has 3 aromatic carbocycles. The summed E-state index contributed by atoms with van der Waals surface area (Å²) in [7, 11) is 1.61. The first kappa shape index (κ1) is 17.7. The summed E-state index contributed by atoms with van der Waals surface area (Å²) in [6, 6.07) is 21.2. The Bertz CT molecular complexity index is 1140. The molecule has 28 heavy (non-hydrogen) atoms. The van der Waals surface area contributed by atoms with Crippen LogP contribution in [0.4, 0.5) is 10.1 Å². The van der Waals surface area contributed by atoms with Crippen LogP contribution in [0.3, 0.4) is 0 Å². The fourth-order valence-electron chi connectivity index (χ4n) is 3.09. The van der Waals surface area contributed by atoms with Crippen LogP contribution >= 0.6 is 0 Å². The van der Waals surface area contributed by atoms with Crippen molar-refractivity contribution >= 4 is 22.6 Å². The van der Waals surface area contributed by atoms with Gasteiger partial charge in [0.15, 0.2) is 0 Å². The van der Waals surface area contributed by atoms with Crippen molar-refractivity contribution in [3.05, 3.63) is 78.6 Å². The second-order valence-corrected chi connectivity index (χ2v) is 6.27. The average Bonchev–Trinajstić information content (AvgIpc) is 3.08. The van der Waals surface area contributed by atoms with Crippen molar-refractivity contribution in [1.82, 2.24) is 9.55 Å². The number of rotatable bonds is 5. The van der Waals surface area contributed by atoms with Crippen LogP contribution in [0.2, 0.25) is 0 Å². The number of nitrogens with one attached hydrogen (secondary N) is 1. The molecular weight excluding hydrogens is 357 g/mol. The molecule has 0 aliphatic heterocycles. The Labute approximate surface area is 161 Å². The van der Waals surface area contributed by atoms with E-state index in [9.17, 15) is 9.18 Å². The van der Waals surface area contributed by atoms with Gasteiger partial charge in [-0.25, -0.2) is 9.37 Å². The number of nitrogens with zero attached hydrogens (tertiary/aromatic N) is 2. The first-order chi connectivity index (χ1) is 13.7. The van der Waals surface area contributed by atoms with Crippen molar-refractivity contribution < 1.29 is 13.9 Å². The van der Waals surface area contributed by atoms with E-state index in [2.05, 4.69) is 10.3 Å². The fourth-order valence-corrected chi connectivity index (χ4v) is 3.09. The van der Waals surface area contributed by atoms with E-state index in [0.717, 1.165) is 22.3 Å². The Morgan fingerprint density at radius 1 is 1.04 bits per heavy atom. The molecule has 1 heterocycles. The number of fused-ring (bicyclic) bond motifs is 1. The smallest absolute Gasteiger partial charge is 0.244 e. The van der Waals surface area contributed by atoms with Gasteiger partial charge in [0.1, 0.15) is 23.9 Å². The lowest BCUT2D eigenvalue weighted by Crippen LogP contribution is -2.20. The van der Waals surface area contributed by atoms with Crippen LogP contribution in [0.15, 0.2) is 72.8 Å². The third kappa shape index (κ3) is 3.44. The van der Waals surface area contributed by atoms with Gasteiger partial charge >= 0.3 is 0 Å². The largest absolute Gasteiger partial charge is 0.497 e. The fraction of sp³-hybridized carbons (Fsp3) is 0.0909. The summed E-state index contributed by atoms with van der Waals surface area (Å²) < 4.78 is 20.9. The third-order valence-corrected chi connectivity index (χ3v) is 4.45. The highest BCUT2D eigenvalue weighted by Gasteiger charge is 2.16. The molecule has 1 aromatic heterocycles. The van der Waals surface area contributed by atoms with Crippen LogP contribution < -0.4 is 10.1 Å². The van der Waals surface area contributed by atoms with Crippen LogP contribution in [0.25, 0.3) is 22.4 Å². The molecule has 1 amide bonds. The van der Waals surface area contributed by atoms with E-state index in [1.54, 1.807) is 19.2 Å². The lowest BCUT2D eigenvalue weighted by molar-refractivity contribution is -0.116. The highest BCUT2D eigenvalue weighted by molar-refractivity contribution is 5.92. The molecule has 0 unspecified atom stereocenters. The molecule has 0 saturated heterocycles. The summed E-state index contributed by atoms with van der Waals surface area (Å²) >= 11 is 0. The number of methoxy groups -OCH3 is 1. The predicted molar refractivity (Wildman–Crippen MR) is 107 cm³/mol. The van der Waals surface area contributed by atoms with Gasteiger partial charge in [-0.15, -0.1) is 0 Å². The quantitative estimate of drug-likeness (QED) is 0.559. The highest BCUT2D eigenvalue weighted by Crippen LogP contribution is 2.26. The second-order valence-electron chi connectivity index (χ2n) is 6.27. The van der Waals surface area contributed by atoms with Crippen molar-refractivity contribution in [2.24, 2.45) is 0 Å². The number of ether oxygens (including phenoxy) is 1. The Morgan fingerprint density at radius 2 is 1.75 bits per heavy atom. The molecular formula is C22H18FN3O2. The predicted octanol–water partition coefficient (Wildman–Crippen LogP) is 4.49. The molecule has 4 rings (SSSR count). The highest BCUT2D eigenvalue weighted by atomic mass is 19.1. The third-order valence-electron chi connectivity index (χ3n) is 4.45. The zero-order valence-corrected chi connectivity index (χ0v) is 15.2. The monoisotopic (exact) mass is 375 g/mol. The maximum atomic E-state index is 13.9. The molecule has 6 heteroatoms. The number of halogens is 1. The van der Waals surface area contributed by atoms with Gasteiger partial charge in [-0.3, -0.25) is 4.79 Å². The standard InChI is InChI=1S/C22H18FN3O2/c1-28-16-12-10-15(11-13-16)22-25-19-8-4-5-9-20(19)26(22)14-21(27)24-18-7-3-2-6-17(18)23/h2-13H,14H2,1H3,(H,24,27). The lowest BCUT2D eigenvalue weighted by atomic mass is 10.2. The Hall–Kier alpha value is -3.67. The van der Waals surface area contributed by atoms with Crippen LogP contribution in [0.1, 0.15) is 0 Å². The van der Waals surface area contributed by atoms with Gasteiger partial charge in [0.25, 0.3) is 0 Å². The average molecular weight is 375 g/mol. The number of carbonyl (C=O) groups excluding carboxylic acids is 1. The second kappa shape index (κ2) is 7.52. The minimum Gasteiger partial charge on any atom is -0.497 e. The summed E-state index contributed by atoms with van der Waals surface area (Å²) in [6.45, 7) is 0.0101. The van der Waals surface area contributed by atoms with E-state index in [1.165, 1.54) is 12.1 Å². The summed E-state index contributed by atoms with van der Waals surface area (Å²) in [6.07, 6.45) is 0. The topological polar surface area (TPSA) is 56.2 Å². The number of benzene rings is 3. The summed E-state index contributed by atoms with van der Waals surface area (Å²) in [5.74, 6) is 0.598. The molecule has 0 radical (unpaired) electrons. The van der Waals surface area contributed by atoms with Gasteiger partial charge < -0.3 is 14.6 Å². The molecule has 0 bridgehead atoms. The number of carbonyl (C=O) groups is 1. The molecule has 4 aromatic rings. The van der Waals surface area contributed by atoms with Gasteiger partial charge in [-0.05, 0) is 48.5 Å². The van der Waals surface area contributed by atoms with Crippen molar-refractivity contribution in [3.63, 3.8) is 0 Å². The zero-order chi connectivity index (χ0) is 19.5. The van der Waals surface area contributed by atoms with Crippen molar-refractivity contribution in [2.45, 2.75) is 6.54 Å². The molecule has 0 fully saturated rings. The molecule has 0 aliphatic carbocycles. The van der Waals surface area contributed by atoms with E-state index in [1.807, 2.05) is 53.1 Å². The van der Waals surface area contributed by atoms with Crippen molar-refractivity contribution in [2.75, 3.05) is 12.4 Å². The maximum absolute atomic E-state index is 13.9. The number of anilines is 1. The van der Waals surface area contributed by atoms with Gasteiger partial charge in [0.05, 0.1) is 23.8 Å². The van der Waals surface area contributed by atoms with Gasteiger partial charge in [-0.2, -0.15) is 0 Å². The minimum absolute atomic E-state index is 0.0101. The van der Waals surface area contributed by atoms with E-state index < -0.39 is 5.82 Å². The number of hydrogen-bond acceptors (Lipinski definition) is 3. The summed E-state index contributed by atoms with van der Waals surface area (Å²) in [4.78, 5) is 17.3. The van der Waals surface area contributed by atoms with Gasteiger partial charge in [-0.1, -0.05) is 24.3 Å². The zero-order valence-electron chi connectivity index (χ0n) is 15.2. The van der Waals surface area contributed by atoms with Crippen LogP contribution in [-0.2, 0) is 11.3 Å². The number of hydrogen-bond donors (Lipinski definition) is 1. The number of amides is 1. The number of aromatic nitrogens is 2.